The Balaban J connectivity index is 2.31. The van der Waals surface area contributed by atoms with Gasteiger partial charge < -0.3 is 9.13 Å². The first-order valence-corrected chi connectivity index (χ1v) is 17.0. The van der Waals surface area contributed by atoms with Crippen LogP contribution in [0.3, 0.4) is 0 Å². The van der Waals surface area contributed by atoms with Crippen LogP contribution in [-0.2, 0) is 12.8 Å². The molecule has 3 rings (SSSR count). The van der Waals surface area contributed by atoms with Crippen molar-refractivity contribution >= 4 is 25.0 Å². The first kappa shape index (κ1) is 29.0. The Bertz CT molecular complexity index is 1010. The number of carbonyl (C=O) groups is 1. The molecule has 1 aromatic carbocycles. The third-order valence-corrected chi connectivity index (χ3v) is 15.8. The summed E-state index contributed by atoms with van der Waals surface area (Å²) in [7, 11) is -1.91. The molecule has 4 nitrogen and oxygen atoms in total. The van der Waals surface area contributed by atoms with Gasteiger partial charge in [-0.05, 0) is 98.7 Å². The minimum Gasteiger partial charge on any atom is -0.373 e. The van der Waals surface area contributed by atoms with Crippen molar-refractivity contribution in [1.29, 1.82) is 0 Å². The Hall–Kier alpha value is -1.59. The van der Waals surface area contributed by atoms with Gasteiger partial charge in [-0.25, -0.2) is 0 Å². The molecule has 1 aliphatic rings. The zero-order chi connectivity index (χ0) is 26.8. The average Bonchev–Trinajstić information content (AvgIpc) is 3.19. The van der Waals surface area contributed by atoms with Gasteiger partial charge in [-0.2, -0.15) is 0 Å². The summed E-state index contributed by atoms with van der Waals surface area (Å²) in [5.74, 6) is 0.203. The molecule has 0 bridgehead atoms. The Morgan fingerprint density at radius 3 is 1.94 bits per heavy atom. The normalized spacial score (nSPS) is 16.2. The van der Waals surface area contributed by atoms with Crippen LogP contribution in [-0.4, -0.2) is 60.4 Å². The Kier molecular flexibility index (Phi) is 9.54. The topological polar surface area (TPSA) is 28.5 Å². The van der Waals surface area contributed by atoms with E-state index in [1.54, 1.807) is 0 Å². The van der Waals surface area contributed by atoms with Crippen molar-refractivity contribution in [2.75, 3.05) is 26.2 Å². The molecule has 5 heteroatoms. The molecule has 0 aliphatic heterocycles. The molecule has 0 saturated heterocycles. The number of carbonyl (C=O) groups excluding carboxylic acids is 1. The summed E-state index contributed by atoms with van der Waals surface area (Å²) in [5, 5.41) is 1.40. The van der Waals surface area contributed by atoms with Gasteiger partial charge in [-0.3, -0.25) is 9.69 Å². The summed E-state index contributed by atoms with van der Waals surface area (Å²) in [6.45, 7) is 27.2. The highest BCUT2D eigenvalue weighted by Crippen LogP contribution is 2.46. The van der Waals surface area contributed by atoms with Gasteiger partial charge in [0.25, 0.3) is 5.91 Å². The molecule has 1 unspecified atom stereocenters. The number of aromatic nitrogens is 1. The van der Waals surface area contributed by atoms with E-state index < -0.39 is 8.24 Å². The Morgan fingerprint density at radius 1 is 0.917 bits per heavy atom. The lowest BCUT2D eigenvalue weighted by Crippen LogP contribution is -2.51. The second kappa shape index (κ2) is 11.9. The number of hydrogen-bond donors (Lipinski definition) is 0. The van der Waals surface area contributed by atoms with Crippen molar-refractivity contribution in [3.8, 4) is 0 Å². The maximum absolute atomic E-state index is 13.7. The summed E-state index contributed by atoms with van der Waals surface area (Å²) >= 11 is 0. The smallest absolute Gasteiger partial charge is 0.254 e. The molecule has 36 heavy (non-hydrogen) atoms. The van der Waals surface area contributed by atoms with Crippen molar-refractivity contribution in [1.82, 2.24) is 14.0 Å². The second-order valence-corrected chi connectivity index (χ2v) is 17.7. The number of hydrogen-bond acceptors (Lipinski definition) is 2. The summed E-state index contributed by atoms with van der Waals surface area (Å²) < 4.78 is 2.78. The monoisotopic (exact) mass is 511 g/mol. The quantitative estimate of drug-likeness (QED) is 0.273. The van der Waals surface area contributed by atoms with Crippen LogP contribution in [0.15, 0.2) is 18.3 Å². The summed E-state index contributed by atoms with van der Waals surface area (Å²) in [6, 6.07) is 4.94. The molecule has 0 spiro atoms. The van der Waals surface area contributed by atoms with Gasteiger partial charge in [0.05, 0.1) is 0 Å². The van der Waals surface area contributed by atoms with Gasteiger partial charge in [0, 0.05) is 35.6 Å². The standard InChI is InChI=1S/C31H53N3OSi/c1-11-17-33(18-12-2)26-19-25-21-34(36(22(5)6,23(7)8)24(9)10)29-16-15-27(28(20-26)30(25)29)31(35)32(13-3)14-4/h15-16,21-24,26H,11-14,17-20H2,1-10H3. The SMILES string of the molecule is CCCN(CCC)C1Cc2cn([Si](C(C)C)(C(C)C)C(C)C)c3ccc(C(=O)N(CC)CC)c(c23)C1. The molecule has 1 heterocycles. The summed E-state index contributed by atoms with van der Waals surface area (Å²) in [6.07, 6.45) is 6.97. The lowest BCUT2D eigenvalue weighted by Gasteiger charge is -2.44. The third kappa shape index (κ3) is 4.82. The van der Waals surface area contributed by atoms with Gasteiger partial charge in [-0.1, -0.05) is 55.4 Å². The molecule has 0 N–H and O–H groups in total. The zero-order valence-corrected chi connectivity index (χ0v) is 25.9. The van der Waals surface area contributed by atoms with Crippen LogP contribution in [0.5, 0.6) is 0 Å². The minimum atomic E-state index is -1.91. The van der Waals surface area contributed by atoms with E-state index in [9.17, 15) is 4.79 Å². The van der Waals surface area contributed by atoms with E-state index in [0.717, 1.165) is 44.6 Å². The Labute approximate surface area is 222 Å². The highest BCUT2D eigenvalue weighted by Gasteiger charge is 2.46. The van der Waals surface area contributed by atoms with Gasteiger partial charge in [-0.15, -0.1) is 0 Å². The molecular weight excluding hydrogens is 458 g/mol. The van der Waals surface area contributed by atoms with E-state index in [0.29, 0.717) is 22.7 Å². The summed E-state index contributed by atoms with van der Waals surface area (Å²) in [4.78, 5) is 18.4. The molecule has 0 saturated carbocycles. The van der Waals surface area contributed by atoms with E-state index in [1.165, 1.54) is 34.9 Å². The van der Waals surface area contributed by atoms with Gasteiger partial charge in [0.15, 0.2) is 8.24 Å². The molecule has 1 atom stereocenters. The molecule has 1 aromatic heterocycles. The number of nitrogens with zero attached hydrogens (tertiary/aromatic N) is 3. The van der Waals surface area contributed by atoms with Crippen molar-refractivity contribution in [2.24, 2.45) is 0 Å². The predicted molar refractivity (Wildman–Crippen MR) is 159 cm³/mol. The second-order valence-electron chi connectivity index (χ2n) is 11.9. The first-order chi connectivity index (χ1) is 17.1. The van der Waals surface area contributed by atoms with E-state index in [1.807, 2.05) is 4.90 Å². The Morgan fingerprint density at radius 2 is 1.47 bits per heavy atom. The first-order valence-electron chi connectivity index (χ1n) is 14.8. The zero-order valence-electron chi connectivity index (χ0n) is 24.9. The predicted octanol–water partition coefficient (Wildman–Crippen LogP) is 7.74. The lowest BCUT2D eigenvalue weighted by atomic mass is 9.85. The maximum Gasteiger partial charge on any atom is 0.254 e. The molecule has 0 fully saturated rings. The van der Waals surface area contributed by atoms with Crippen LogP contribution >= 0.6 is 0 Å². The van der Waals surface area contributed by atoms with Crippen molar-refractivity contribution in [3.05, 3.63) is 35.0 Å². The molecule has 0 radical (unpaired) electrons. The van der Waals surface area contributed by atoms with E-state index in [4.69, 9.17) is 0 Å². The highest BCUT2D eigenvalue weighted by molar-refractivity contribution is 6.82. The van der Waals surface area contributed by atoms with Crippen LogP contribution < -0.4 is 0 Å². The molecule has 1 aliphatic carbocycles. The van der Waals surface area contributed by atoms with E-state index in [-0.39, 0.29) is 5.91 Å². The van der Waals surface area contributed by atoms with Crippen molar-refractivity contribution in [3.63, 3.8) is 0 Å². The van der Waals surface area contributed by atoms with Crippen LogP contribution in [0, 0.1) is 0 Å². The van der Waals surface area contributed by atoms with E-state index >= 15 is 0 Å². The molecule has 2 aromatic rings. The van der Waals surface area contributed by atoms with Crippen LogP contribution in [0.4, 0.5) is 0 Å². The molecule has 202 valence electrons. The number of amides is 1. The average molecular weight is 512 g/mol. The minimum absolute atomic E-state index is 0.203. The lowest BCUT2D eigenvalue weighted by molar-refractivity contribution is 0.0771. The highest BCUT2D eigenvalue weighted by atomic mass is 28.3. The van der Waals surface area contributed by atoms with Crippen LogP contribution in [0.2, 0.25) is 16.6 Å². The van der Waals surface area contributed by atoms with Gasteiger partial charge in [0.1, 0.15) is 0 Å². The summed E-state index contributed by atoms with van der Waals surface area (Å²) in [5.41, 5.74) is 7.01. The molecular formula is C31H53N3OSi. The van der Waals surface area contributed by atoms with Crippen molar-refractivity contribution < 1.29 is 4.79 Å². The van der Waals surface area contributed by atoms with Gasteiger partial charge >= 0.3 is 0 Å². The largest absolute Gasteiger partial charge is 0.373 e. The fraction of sp³-hybridized carbons (Fsp3) is 0.710. The van der Waals surface area contributed by atoms with E-state index in [2.05, 4.69) is 96.7 Å². The van der Waals surface area contributed by atoms with Crippen LogP contribution in [0.1, 0.15) is 104 Å². The maximum atomic E-state index is 13.7. The van der Waals surface area contributed by atoms with Crippen LogP contribution in [0.25, 0.3) is 10.9 Å². The molecule has 1 amide bonds. The fourth-order valence-electron chi connectivity index (χ4n) is 7.76. The third-order valence-electron chi connectivity index (χ3n) is 9.06. The number of rotatable bonds is 12. The van der Waals surface area contributed by atoms with Crippen molar-refractivity contribution in [2.45, 2.75) is 118 Å². The fourth-order valence-corrected chi connectivity index (χ4v) is 14.4. The number of benzene rings is 1. The van der Waals surface area contributed by atoms with Gasteiger partial charge in [0.2, 0.25) is 0 Å².